The first kappa shape index (κ1) is 12.1. The SMILES string of the molecule is CC(CO)OCCc1cccc2ccccc12. The van der Waals surface area contributed by atoms with Crippen molar-refractivity contribution >= 4 is 10.8 Å². The molecular weight excluding hydrogens is 212 g/mol. The van der Waals surface area contributed by atoms with Crippen molar-refractivity contribution in [2.75, 3.05) is 13.2 Å². The molecule has 0 aliphatic carbocycles. The predicted molar refractivity (Wildman–Crippen MR) is 70.2 cm³/mol. The number of aliphatic hydroxyl groups is 1. The first-order chi connectivity index (χ1) is 8.31. The van der Waals surface area contributed by atoms with Crippen LogP contribution >= 0.6 is 0 Å². The Hall–Kier alpha value is -1.38. The number of fused-ring (bicyclic) bond motifs is 1. The van der Waals surface area contributed by atoms with Crippen molar-refractivity contribution in [2.45, 2.75) is 19.4 Å². The summed E-state index contributed by atoms with van der Waals surface area (Å²) >= 11 is 0. The molecule has 2 rings (SSSR count). The van der Waals surface area contributed by atoms with E-state index < -0.39 is 0 Å². The van der Waals surface area contributed by atoms with E-state index in [0.717, 1.165) is 6.42 Å². The van der Waals surface area contributed by atoms with Crippen LogP contribution in [0.5, 0.6) is 0 Å². The van der Waals surface area contributed by atoms with Crippen LogP contribution in [0, 0.1) is 0 Å². The van der Waals surface area contributed by atoms with E-state index in [-0.39, 0.29) is 12.7 Å². The van der Waals surface area contributed by atoms with Gasteiger partial charge in [0.05, 0.1) is 19.3 Å². The summed E-state index contributed by atoms with van der Waals surface area (Å²) in [4.78, 5) is 0. The zero-order valence-corrected chi connectivity index (χ0v) is 10.1. The molecule has 0 aliphatic heterocycles. The van der Waals surface area contributed by atoms with Gasteiger partial charge in [-0.1, -0.05) is 42.5 Å². The van der Waals surface area contributed by atoms with E-state index in [0.29, 0.717) is 6.61 Å². The van der Waals surface area contributed by atoms with Crippen molar-refractivity contribution in [3.63, 3.8) is 0 Å². The Balaban J connectivity index is 2.08. The van der Waals surface area contributed by atoms with Gasteiger partial charge in [0.2, 0.25) is 0 Å². The van der Waals surface area contributed by atoms with Gasteiger partial charge in [-0.25, -0.2) is 0 Å². The summed E-state index contributed by atoms with van der Waals surface area (Å²) in [7, 11) is 0. The van der Waals surface area contributed by atoms with Crippen LogP contribution in [0.3, 0.4) is 0 Å². The highest BCUT2D eigenvalue weighted by molar-refractivity contribution is 5.85. The summed E-state index contributed by atoms with van der Waals surface area (Å²) in [6.45, 7) is 2.61. The summed E-state index contributed by atoms with van der Waals surface area (Å²) in [5.74, 6) is 0. The molecule has 1 N–H and O–H groups in total. The lowest BCUT2D eigenvalue weighted by molar-refractivity contribution is 0.0268. The molecule has 2 heteroatoms. The molecule has 2 nitrogen and oxygen atoms in total. The lowest BCUT2D eigenvalue weighted by Crippen LogP contribution is -2.14. The van der Waals surface area contributed by atoms with Crippen LogP contribution in [0.15, 0.2) is 42.5 Å². The summed E-state index contributed by atoms with van der Waals surface area (Å²) < 4.78 is 5.49. The fourth-order valence-corrected chi connectivity index (χ4v) is 1.93. The Labute approximate surface area is 102 Å². The maximum Gasteiger partial charge on any atom is 0.0777 e. The normalized spacial score (nSPS) is 12.8. The van der Waals surface area contributed by atoms with Gasteiger partial charge >= 0.3 is 0 Å². The molecule has 0 amide bonds. The second-order valence-corrected chi connectivity index (χ2v) is 4.25. The van der Waals surface area contributed by atoms with Crippen LogP contribution < -0.4 is 0 Å². The highest BCUT2D eigenvalue weighted by Crippen LogP contribution is 2.18. The van der Waals surface area contributed by atoms with Gasteiger partial charge in [-0.15, -0.1) is 0 Å². The van der Waals surface area contributed by atoms with E-state index in [1.165, 1.54) is 16.3 Å². The van der Waals surface area contributed by atoms with Crippen molar-refractivity contribution in [1.82, 2.24) is 0 Å². The van der Waals surface area contributed by atoms with E-state index in [1.807, 2.05) is 6.92 Å². The second-order valence-electron chi connectivity index (χ2n) is 4.25. The van der Waals surface area contributed by atoms with Crippen LogP contribution in [-0.4, -0.2) is 24.4 Å². The Morgan fingerprint density at radius 3 is 2.71 bits per heavy atom. The molecule has 90 valence electrons. The minimum atomic E-state index is -0.0787. The summed E-state index contributed by atoms with van der Waals surface area (Å²) in [6, 6.07) is 14.7. The van der Waals surface area contributed by atoms with Crippen LogP contribution in [0.1, 0.15) is 12.5 Å². The second kappa shape index (κ2) is 5.80. The standard InChI is InChI=1S/C15H18O2/c1-12(11-16)17-10-9-14-7-4-6-13-5-2-3-8-15(13)14/h2-8,12,16H,9-11H2,1H3. The highest BCUT2D eigenvalue weighted by atomic mass is 16.5. The molecule has 0 saturated carbocycles. The number of hydrogen-bond acceptors (Lipinski definition) is 2. The molecule has 1 unspecified atom stereocenters. The summed E-state index contributed by atoms with van der Waals surface area (Å²) in [5.41, 5.74) is 1.30. The van der Waals surface area contributed by atoms with E-state index >= 15 is 0 Å². The molecule has 0 spiro atoms. The molecule has 0 saturated heterocycles. The number of benzene rings is 2. The fraction of sp³-hybridized carbons (Fsp3) is 0.333. The van der Waals surface area contributed by atoms with Gasteiger partial charge in [0.25, 0.3) is 0 Å². The number of hydrogen-bond donors (Lipinski definition) is 1. The summed E-state index contributed by atoms with van der Waals surface area (Å²) in [6.07, 6.45) is 0.802. The number of rotatable bonds is 5. The Kier molecular flexibility index (Phi) is 4.13. The van der Waals surface area contributed by atoms with E-state index in [9.17, 15) is 0 Å². The van der Waals surface area contributed by atoms with E-state index in [1.54, 1.807) is 0 Å². The molecule has 0 aliphatic rings. The molecule has 0 aromatic heterocycles. The average molecular weight is 230 g/mol. The van der Waals surface area contributed by atoms with Crippen molar-refractivity contribution in [3.8, 4) is 0 Å². The van der Waals surface area contributed by atoms with Gasteiger partial charge in [-0.05, 0) is 29.7 Å². The quantitative estimate of drug-likeness (QED) is 0.855. The van der Waals surface area contributed by atoms with Crippen molar-refractivity contribution in [1.29, 1.82) is 0 Å². The third-order valence-corrected chi connectivity index (χ3v) is 2.91. The van der Waals surface area contributed by atoms with Gasteiger partial charge in [0.15, 0.2) is 0 Å². The van der Waals surface area contributed by atoms with Gasteiger partial charge in [-0.3, -0.25) is 0 Å². The molecule has 17 heavy (non-hydrogen) atoms. The van der Waals surface area contributed by atoms with Crippen molar-refractivity contribution in [3.05, 3.63) is 48.0 Å². The van der Waals surface area contributed by atoms with Gasteiger partial charge < -0.3 is 9.84 Å². The average Bonchev–Trinajstić information content (AvgIpc) is 2.39. The zero-order chi connectivity index (χ0) is 12.1. The maximum atomic E-state index is 8.88. The van der Waals surface area contributed by atoms with Crippen LogP contribution in [-0.2, 0) is 11.2 Å². The fourth-order valence-electron chi connectivity index (χ4n) is 1.93. The maximum absolute atomic E-state index is 8.88. The number of aliphatic hydroxyl groups excluding tert-OH is 1. The largest absolute Gasteiger partial charge is 0.394 e. The Bertz CT molecular complexity index is 474. The minimum Gasteiger partial charge on any atom is -0.394 e. The molecule has 0 radical (unpaired) electrons. The molecule has 1 atom stereocenters. The van der Waals surface area contributed by atoms with Crippen molar-refractivity contribution in [2.24, 2.45) is 0 Å². The molecular formula is C15H18O2. The number of ether oxygens (including phenoxy) is 1. The summed E-state index contributed by atoms with van der Waals surface area (Å²) in [5, 5.41) is 11.4. The molecule has 0 bridgehead atoms. The van der Waals surface area contributed by atoms with Crippen LogP contribution in [0.4, 0.5) is 0 Å². The topological polar surface area (TPSA) is 29.5 Å². The van der Waals surface area contributed by atoms with Crippen LogP contribution in [0.2, 0.25) is 0 Å². The highest BCUT2D eigenvalue weighted by Gasteiger charge is 2.02. The molecule has 2 aromatic rings. The first-order valence-corrected chi connectivity index (χ1v) is 6.00. The third-order valence-electron chi connectivity index (χ3n) is 2.91. The smallest absolute Gasteiger partial charge is 0.0777 e. The predicted octanol–water partition coefficient (Wildman–Crippen LogP) is 2.78. The van der Waals surface area contributed by atoms with E-state index in [2.05, 4.69) is 42.5 Å². The first-order valence-electron chi connectivity index (χ1n) is 6.00. The lowest BCUT2D eigenvalue weighted by Gasteiger charge is -2.11. The monoisotopic (exact) mass is 230 g/mol. The van der Waals surface area contributed by atoms with Crippen LogP contribution in [0.25, 0.3) is 10.8 Å². The molecule has 0 fully saturated rings. The van der Waals surface area contributed by atoms with Crippen molar-refractivity contribution < 1.29 is 9.84 Å². The Morgan fingerprint density at radius 1 is 1.12 bits per heavy atom. The van der Waals surface area contributed by atoms with E-state index in [4.69, 9.17) is 9.84 Å². The third kappa shape index (κ3) is 3.05. The van der Waals surface area contributed by atoms with Gasteiger partial charge in [-0.2, -0.15) is 0 Å². The van der Waals surface area contributed by atoms with Gasteiger partial charge in [0.1, 0.15) is 0 Å². The Morgan fingerprint density at radius 2 is 1.88 bits per heavy atom. The lowest BCUT2D eigenvalue weighted by atomic mass is 10.0. The minimum absolute atomic E-state index is 0.0787. The van der Waals surface area contributed by atoms with Gasteiger partial charge in [0, 0.05) is 0 Å². The molecule has 0 heterocycles. The molecule has 2 aromatic carbocycles. The zero-order valence-electron chi connectivity index (χ0n) is 10.1.